The topological polar surface area (TPSA) is 101 Å². The summed E-state index contributed by atoms with van der Waals surface area (Å²) in [5, 5.41) is 0. The van der Waals surface area contributed by atoms with E-state index >= 15 is 0 Å². The molecule has 1 aliphatic rings. The molecule has 0 saturated carbocycles. The number of thiazole rings is 1. The number of hydrogen-bond acceptors (Lipinski definition) is 7. The van der Waals surface area contributed by atoms with Crippen molar-refractivity contribution in [3.8, 4) is 0 Å². The zero-order chi connectivity index (χ0) is 24.2. The van der Waals surface area contributed by atoms with Crippen molar-refractivity contribution in [2.24, 2.45) is 5.73 Å². The number of carbonyl (C=O) groups excluding carboxylic acids is 2. The summed E-state index contributed by atoms with van der Waals surface area (Å²) >= 11 is 1.14. The predicted molar refractivity (Wildman–Crippen MR) is 131 cm³/mol. The second kappa shape index (κ2) is 9.93. The number of fused-ring (bicyclic) bond motifs is 1. The van der Waals surface area contributed by atoms with Gasteiger partial charge in [-0.2, -0.15) is 0 Å². The van der Waals surface area contributed by atoms with Gasteiger partial charge in [-0.25, -0.2) is 9.59 Å². The Morgan fingerprint density at radius 3 is 2.09 bits per heavy atom. The van der Waals surface area contributed by atoms with Crippen LogP contribution in [-0.2, 0) is 19.1 Å². The van der Waals surface area contributed by atoms with Gasteiger partial charge in [0.25, 0.3) is 5.56 Å². The first kappa shape index (κ1) is 23.3. The van der Waals surface area contributed by atoms with E-state index in [0.29, 0.717) is 14.8 Å². The van der Waals surface area contributed by atoms with Crippen molar-refractivity contribution < 1.29 is 19.1 Å². The van der Waals surface area contributed by atoms with E-state index in [2.05, 4.69) is 0 Å². The van der Waals surface area contributed by atoms with Gasteiger partial charge < -0.3 is 15.2 Å². The first-order chi connectivity index (χ1) is 16.5. The molecule has 0 aliphatic carbocycles. The van der Waals surface area contributed by atoms with Crippen molar-refractivity contribution in [3.63, 3.8) is 0 Å². The van der Waals surface area contributed by atoms with Crippen LogP contribution in [0.3, 0.4) is 0 Å². The van der Waals surface area contributed by atoms with Gasteiger partial charge in [-0.1, -0.05) is 60.7 Å². The monoisotopic (exact) mass is 476 g/mol. The minimum Gasteiger partial charge on any atom is -0.463 e. The number of benzene rings is 2. The van der Waals surface area contributed by atoms with Crippen LogP contribution in [0.4, 0.5) is 0 Å². The van der Waals surface area contributed by atoms with Gasteiger partial charge in [0.2, 0.25) is 0 Å². The van der Waals surface area contributed by atoms with Gasteiger partial charge in [-0.3, -0.25) is 9.36 Å². The highest BCUT2D eigenvalue weighted by Gasteiger charge is 2.39. The molecular formula is C26H24N2O5S. The summed E-state index contributed by atoms with van der Waals surface area (Å²) in [6.45, 7) is 3.63. The minimum atomic E-state index is -0.845. The smallest absolute Gasteiger partial charge is 0.338 e. The third-order valence-electron chi connectivity index (χ3n) is 5.37. The molecule has 1 aliphatic heterocycles. The molecule has 3 aromatic rings. The molecular weight excluding hydrogens is 452 g/mol. The Morgan fingerprint density at radius 2 is 1.50 bits per heavy atom. The van der Waals surface area contributed by atoms with Crippen LogP contribution >= 0.6 is 11.3 Å². The quantitative estimate of drug-likeness (QED) is 0.546. The Morgan fingerprint density at radius 1 is 0.941 bits per heavy atom. The molecule has 0 fully saturated rings. The van der Waals surface area contributed by atoms with Crippen LogP contribution in [0.25, 0.3) is 17.5 Å². The second-order valence-corrected chi connectivity index (χ2v) is 8.49. The van der Waals surface area contributed by atoms with E-state index in [1.807, 2.05) is 48.5 Å². The highest BCUT2D eigenvalue weighted by molar-refractivity contribution is 7.07. The maximum atomic E-state index is 13.4. The van der Waals surface area contributed by atoms with Gasteiger partial charge in [-0.15, -0.1) is 11.3 Å². The number of carbonyl (C=O) groups is 2. The molecule has 34 heavy (non-hydrogen) atoms. The van der Waals surface area contributed by atoms with E-state index in [1.54, 1.807) is 32.1 Å². The zero-order valence-electron chi connectivity index (χ0n) is 18.8. The van der Waals surface area contributed by atoms with Crippen molar-refractivity contribution in [2.45, 2.75) is 19.8 Å². The number of nitrogens with zero attached hydrogens (tertiary/aromatic N) is 1. The number of esters is 2. The Bertz CT molecular complexity index is 1440. The summed E-state index contributed by atoms with van der Waals surface area (Å²) < 4.78 is 12.6. The molecule has 7 nitrogen and oxygen atoms in total. The molecule has 0 saturated heterocycles. The molecule has 0 bridgehead atoms. The number of ether oxygens (including phenoxy) is 2. The van der Waals surface area contributed by atoms with E-state index in [0.717, 1.165) is 16.9 Å². The standard InChI is InChI=1S/C26H24N2O5S/c1-3-32-25(30)20-19(17-13-9-6-10-14-17)21(26(31)33-4-2)24-28(22(20)27)23(29)18(34-24)15-16-11-7-5-8-12-16/h5-15,19H,3-4,27H2,1-2H3/b18-15-/t19-/m0/s1. The van der Waals surface area contributed by atoms with Gasteiger partial charge in [0.1, 0.15) is 10.5 Å². The van der Waals surface area contributed by atoms with E-state index in [9.17, 15) is 14.4 Å². The van der Waals surface area contributed by atoms with Crippen LogP contribution in [0, 0.1) is 0 Å². The molecule has 0 radical (unpaired) electrons. The van der Waals surface area contributed by atoms with E-state index in [-0.39, 0.29) is 30.2 Å². The second-order valence-electron chi connectivity index (χ2n) is 7.46. The number of rotatable bonds is 6. The van der Waals surface area contributed by atoms with Gasteiger partial charge in [0.05, 0.1) is 34.8 Å². The first-order valence-corrected chi connectivity index (χ1v) is 11.7. The van der Waals surface area contributed by atoms with Crippen molar-refractivity contribution in [3.05, 3.63) is 96.9 Å². The molecule has 1 atom stereocenters. The Kier molecular flexibility index (Phi) is 6.79. The van der Waals surface area contributed by atoms with E-state index in [1.165, 1.54) is 4.57 Å². The SMILES string of the molecule is CCOC(=O)C1=C(N)n2c(s/c(=C\c3ccccc3)c2=O)=C(C(=O)OCC)[C@H]1c1ccccc1. The molecule has 1 aromatic heterocycles. The fourth-order valence-corrected chi connectivity index (χ4v) is 5.11. The summed E-state index contributed by atoms with van der Waals surface area (Å²) in [6.07, 6.45) is 1.73. The highest BCUT2D eigenvalue weighted by atomic mass is 32.1. The van der Waals surface area contributed by atoms with Crippen LogP contribution in [0.1, 0.15) is 30.9 Å². The maximum absolute atomic E-state index is 13.4. The van der Waals surface area contributed by atoms with Crippen LogP contribution in [0.15, 0.2) is 71.0 Å². The molecule has 0 spiro atoms. The lowest BCUT2D eigenvalue weighted by atomic mass is 9.83. The lowest BCUT2D eigenvalue weighted by Gasteiger charge is -2.27. The van der Waals surface area contributed by atoms with Crippen molar-refractivity contribution in [1.29, 1.82) is 0 Å². The van der Waals surface area contributed by atoms with Crippen molar-refractivity contribution in [2.75, 3.05) is 13.2 Å². The van der Waals surface area contributed by atoms with Crippen LogP contribution in [-0.4, -0.2) is 29.7 Å². The lowest BCUT2D eigenvalue weighted by Crippen LogP contribution is -2.42. The lowest BCUT2D eigenvalue weighted by molar-refractivity contribution is -0.138. The fourth-order valence-electron chi connectivity index (χ4n) is 3.94. The van der Waals surface area contributed by atoms with E-state index < -0.39 is 23.4 Å². The minimum absolute atomic E-state index is 0.0368. The van der Waals surface area contributed by atoms with Gasteiger partial charge >= 0.3 is 11.9 Å². The van der Waals surface area contributed by atoms with Crippen LogP contribution in [0.5, 0.6) is 0 Å². The molecule has 2 heterocycles. The Labute approximate surface area is 200 Å². The molecule has 2 N–H and O–H groups in total. The average molecular weight is 477 g/mol. The Hall–Kier alpha value is -3.91. The van der Waals surface area contributed by atoms with Gasteiger partial charge in [-0.05, 0) is 31.1 Å². The summed E-state index contributed by atoms with van der Waals surface area (Å²) in [5.74, 6) is -2.20. The summed E-state index contributed by atoms with van der Waals surface area (Å²) in [7, 11) is 0. The third-order valence-corrected chi connectivity index (χ3v) is 6.48. The maximum Gasteiger partial charge on any atom is 0.338 e. The van der Waals surface area contributed by atoms with Gasteiger partial charge in [0.15, 0.2) is 0 Å². The molecule has 8 heteroatoms. The largest absolute Gasteiger partial charge is 0.463 e. The summed E-state index contributed by atoms with van der Waals surface area (Å²) in [4.78, 5) is 39.8. The summed E-state index contributed by atoms with van der Waals surface area (Å²) in [6, 6.07) is 18.4. The first-order valence-electron chi connectivity index (χ1n) is 10.9. The van der Waals surface area contributed by atoms with E-state index in [4.69, 9.17) is 15.2 Å². The van der Waals surface area contributed by atoms with Crippen molar-refractivity contribution >= 4 is 40.7 Å². The predicted octanol–water partition coefficient (Wildman–Crippen LogP) is 1.94. The normalized spacial score (nSPS) is 15.8. The fraction of sp³-hybridized carbons (Fsp3) is 0.192. The third kappa shape index (κ3) is 4.20. The molecule has 174 valence electrons. The number of aromatic nitrogens is 1. The number of hydrogen-bond donors (Lipinski definition) is 1. The molecule has 4 rings (SSSR count). The highest BCUT2D eigenvalue weighted by Crippen LogP contribution is 2.37. The number of nitrogens with two attached hydrogens (primary N) is 1. The van der Waals surface area contributed by atoms with Crippen LogP contribution in [0.2, 0.25) is 0 Å². The summed E-state index contributed by atoms with van der Waals surface area (Å²) in [5.41, 5.74) is 7.75. The van der Waals surface area contributed by atoms with Gasteiger partial charge in [0, 0.05) is 0 Å². The average Bonchev–Trinajstić information content (AvgIpc) is 3.16. The molecule has 2 aromatic carbocycles. The van der Waals surface area contributed by atoms with Crippen molar-refractivity contribution in [1.82, 2.24) is 4.57 Å². The molecule has 0 unspecified atom stereocenters. The zero-order valence-corrected chi connectivity index (χ0v) is 19.6. The Balaban J connectivity index is 2.11. The van der Waals surface area contributed by atoms with Crippen LogP contribution < -0.4 is 20.5 Å². The molecule has 0 amide bonds.